The molecule has 0 radical (unpaired) electrons. The van der Waals surface area contributed by atoms with Gasteiger partial charge in [-0.1, -0.05) is 25.4 Å². The van der Waals surface area contributed by atoms with Crippen LogP contribution in [-0.2, 0) is 0 Å². The highest BCUT2D eigenvalue weighted by molar-refractivity contribution is 6.30. The molecule has 0 fully saturated rings. The van der Waals surface area contributed by atoms with E-state index in [0.717, 1.165) is 17.7 Å². The van der Waals surface area contributed by atoms with Crippen molar-refractivity contribution in [2.75, 3.05) is 0 Å². The lowest BCUT2D eigenvalue weighted by Gasteiger charge is -2.41. The van der Waals surface area contributed by atoms with Gasteiger partial charge in [-0.15, -0.1) is 0 Å². The van der Waals surface area contributed by atoms with Gasteiger partial charge in [-0.05, 0) is 31.0 Å². The molecule has 1 unspecified atom stereocenters. The van der Waals surface area contributed by atoms with Gasteiger partial charge in [0.1, 0.15) is 11.4 Å². The first-order valence-electron chi connectivity index (χ1n) is 5.66. The highest BCUT2D eigenvalue weighted by Crippen LogP contribution is 2.42. The van der Waals surface area contributed by atoms with Crippen LogP contribution in [0.4, 0.5) is 0 Å². The van der Waals surface area contributed by atoms with Crippen LogP contribution in [0.5, 0.6) is 5.75 Å². The Kier molecular flexibility index (Phi) is 2.89. The van der Waals surface area contributed by atoms with Crippen molar-refractivity contribution in [2.24, 2.45) is 11.7 Å². The van der Waals surface area contributed by atoms with E-state index in [-0.39, 0.29) is 11.6 Å². The summed E-state index contributed by atoms with van der Waals surface area (Å²) in [5.74, 6) is 1.31. The van der Waals surface area contributed by atoms with Crippen molar-refractivity contribution in [3.8, 4) is 5.75 Å². The van der Waals surface area contributed by atoms with E-state index in [0.29, 0.717) is 10.9 Å². The number of nitrogens with two attached hydrogens (primary N) is 1. The predicted octanol–water partition coefficient (Wildman–Crippen LogP) is 3.54. The zero-order valence-electron chi connectivity index (χ0n) is 9.96. The molecule has 1 heterocycles. The fourth-order valence-corrected chi connectivity index (χ4v) is 2.28. The third-order valence-corrected chi connectivity index (χ3v) is 3.80. The molecular weight excluding hydrogens is 222 g/mol. The van der Waals surface area contributed by atoms with Crippen molar-refractivity contribution in [1.29, 1.82) is 0 Å². The molecule has 1 aromatic carbocycles. The minimum atomic E-state index is -0.180. The molecule has 1 aliphatic heterocycles. The molecule has 3 heteroatoms. The first-order chi connectivity index (χ1) is 7.42. The summed E-state index contributed by atoms with van der Waals surface area (Å²) in [5.41, 5.74) is 7.03. The highest BCUT2D eigenvalue weighted by Gasteiger charge is 2.38. The minimum absolute atomic E-state index is 0.00912. The highest BCUT2D eigenvalue weighted by atomic mass is 35.5. The van der Waals surface area contributed by atoms with Gasteiger partial charge in [0.15, 0.2) is 0 Å². The van der Waals surface area contributed by atoms with Gasteiger partial charge in [0.2, 0.25) is 0 Å². The Labute approximate surface area is 102 Å². The number of hydrogen-bond acceptors (Lipinski definition) is 2. The van der Waals surface area contributed by atoms with Gasteiger partial charge >= 0.3 is 0 Å². The number of fused-ring (bicyclic) bond motifs is 1. The van der Waals surface area contributed by atoms with E-state index in [2.05, 4.69) is 20.8 Å². The van der Waals surface area contributed by atoms with E-state index in [1.165, 1.54) is 0 Å². The monoisotopic (exact) mass is 239 g/mol. The topological polar surface area (TPSA) is 35.2 Å². The lowest BCUT2D eigenvalue weighted by atomic mass is 9.81. The molecule has 1 aliphatic rings. The summed E-state index contributed by atoms with van der Waals surface area (Å²) in [5, 5.41) is 0.714. The second kappa shape index (κ2) is 3.94. The summed E-state index contributed by atoms with van der Waals surface area (Å²) in [6.07, 6.45) is 0.831. The minimum Gasteiger partial charge on any atom is -0.487 e. The average molecular weight is 240 g/mol. The Bertz CT molecular complexity index is 405. The van der Waals surface area contributed by atoms with Crippen LogP contribution in [0.15, 0.2) is 18.2 Å². The van der Waals surface area contributed by atoms with Gasteiger partial charge in [0.25, 0.3) is 0 Å². The SMILES string of the molecule is CC(C)C1(C)C[C@H](N)c2cc(Cl)ccc2O1. The second-order valence-electron chi connectivity index (χ2n) is 5.06. The quantitative estimate of drug-likeness (QED) is 0.814. The molecule has 2 N–H and O–H groups in total. The number of benzene rings is 1. The number of hydrogen-bond donors (Lipinski definition) is 1. The molecule has 0 bridgehead atoms. The van der Waals surface area contributed by atoms with E-state index in [1.54, 1.807) is 0 Å². The lowest BCUT2D eigenvalue weighted by Crippen LogP contribution is -2.44. The van der Waals surface area contributed by atoms with Crippen LogP contribution in [0.3, 0.4) is 0 Å². The molecule has 0 spiro atoms. The van der Waals surface area contributed by atoms with Crippen LogP contribution in [-0.4, -0.2) is 5.60 Å². The van der Waals surface area contributed by atoms with Gasteiger partial charge in [0.05, 0.1) is 0 Å². The standard InChI is InChI=1S/C13H18ClNO/c1-8(2)13(3)7-11(15)10-6-9(14)4-5-12(10)16-13/h4-6,8,11H,7,15H2,1-3H3/t11-,13?/m0/s1. The Morgan fingerprint density at radius 2 is 2.19 bits per heavy atom. The number of halogens is 1. The van der Waals surface area contributed by atoms with Crippen LogP contribution >= 0.6 is 11.6 Å². The van der Waals surface area contributed by atoms with Crippen LogP contribution in [0.25, 0.3) is 0 Å². The van der Waals surface area contributed by atoms with Crippen LogP contribution < -0.4 is 10.5 Å². The average Bonchev–Trinajstić information content (AvgIpc) is 2.19. The molecule has 0 aliphatic carbocycles. The molecular formula is C13H18ClNO. The van der Waals surface area contributed by atoms with E-state index >= 15 is 0 Å². The Hall–Kier alpha value is -0.730. The normalized spacial score (nSPS) is 28.8. The largest absolute Gasteiger partial charge is 0.487 e. The number of ether oxygens (including phenoxy) is 1. The van der Waals surface area contributed by atoms with Crippen molar-refractivity contribution in [2.45, 2.75) is 38.8 Å². The molecule has 0 saturated carbocycles. The zero-order chi connectivity index (χ0) is 11.9. The summed E-state index contributed by atoms with van der Waals surface area (Å²) in [6, 6.07) is 5.67. The van der Waals surface area contributed by atoms with Gasteiger partial charge in [-0.3, -0.25) is 0 Å². The summed E-state index contributed by atoms with van der Waals surface area (Å²) in [6.45, 7) is 6.44. The molecule has 16 heavy (non-hydrogen) atoms. The summed E-state index contributed by atoms with van der Waals surface area (Å²) in [4.78, 5) is 0. The first-order valence-corrected chi connectivity index (χ1v) is 6.04. The second-order valence-corrected chi connectivity index (χ2v) is 5.50. The molecule has 2 rings (SSSR count). The predicted molar refractivity (Wildman–Crippen MR) is 66.9 cm³/mol. The van der Waals surface area contributed by atoms with Crippen molar-refractivity contribution >= 4 is 11.6 Å². The van der Waals surface area contributed by atoms with Gasteiger partial charge < -0.3 is 10.5 Å². The molecule has 2 atom stereocenters. The van der Waals surface area contributed by atoms with E-state index in [1.807, 2.05) is 18.2 Å². The van der Waals surface area contributed by atoms with E-state index < -0.39 is 0 Å². The van der Waals surface area contributed by atoms with Crippen molar-refractivity contribution in [3.63, 3.8) is 0 Å². The van der Waals surface area contributed by atoms with E-state index in [4.69, 9.17) is 22.1 Å². The Morgan fingerprint density at radius 3 is 2.81 bits per heavy atom. The number of rotatable bonds is 1. The Morgan fingerprint density at radius 1 is 1.50 bits per heavy atom. The van der Waals surface area contributed by atoms with Gasteiger partial charge in [0, 0.05) is 23.0 Å². The van der Waals surface area contributed by atoms with Crippen molar-refractivity contribution in [1.82, 2.24) is 0 Å². The first kappa shape index (κ1) is 11.7. The van der Waals surface area contributed by atoms with Gasteiger partial charge in [-0.2, -0.15) is 0 Å². The van der Waals surface area contributed by atoms with Crippen LogP contribution in [0, 0.1) is 5.92 Å². The molecule has 0 amide bonds. The maximum Gasteiger partial charge on any atom is 0.125 e. The van der Waals surface area contributed by atoms with E-state index in [9.17, 15) is 0 Å². The molecule has 88 valence electrons. The lowest BCUT2D eigenvalue weighted by molar-refractivity contribution is 0.0108. The van der Waals surface area contributed by atoms with Crippen LogP contribution in [0.1, 0.15) is 38.8 Å². The molecule has 0 aromatic heterocycles. The van der Waals surface area contributed by atoms with Crippen LogP contribution in [0.2, 0.25) is 5.02 Å². The van der Waals surface area contributed by atoms with Crippen molar-refractivity contribution in [3.05, 3.63) is 28.8 Å². The fourth-order valence-electron chi connectivity index (χ4n) is 2.10. The summed E-state index contributed by atoms with van der Waals surface area (Å²) >= 11 is 5.96. The molecule has 0 saturated heterocycles. The third-order valence-electron chi connectivity index (χ3n) is 3.56. The molecule has 1 aromatic rings. The Balaban J connectivity index is 2.40. The smallest absolute Gasteiger partial charge is 0.125 e. The maximum absolute atomic E-state index is 6.19. The molecule has 2 nitrogen and oxygen atoms in total. The third kappa shape index (κ3) is 1.92. The summed E-state index contributed by atoms with van der Waals surface area (Å²) < 4.78 is 6.07. The zero-order valence-corrected chi connectivity index (χ0v) is 10.7. The fraction of sp³-hybridized carbons (Fsp3) is 0.538. The summed E-state index contributed by atoms with van der Waals surface area (Å²) in [7, 11) is 0. The van der Waals surface area contributed by atoms with Gasteiger partial charge in [-0.25, -0.2) is 0 Å². The van der Waals surface area contributed by atoms with Crippen molar-refractivity contribution < 1.29 is 4.74 Å². The maximum atomic E-state index is 6.19.